The second-order valence-corrected chi connectivity index (χ2v) is 5.79. The monoisotopic (exact) mass is 334 g/mol. The lowest BCUT2D eigenvalue weighted by Crippen LogP contribution is -2.37. The molecule has 1 aromatic carbocycles. The Morgan fingerprint density at radius 1 is 1.39 bits per heavy atom. The van der Waals surface area contributed by atoms with Gasteiger partial charge in [-0.3, -0.25) is 9.48 Å². The van der Waals surface area contributed by atoms with Crippen molar-refractivity contribution >= 4 is 18.3 Å². The first kappa shape index (κ1) is 17.5. The van der Waals surface area contributed by atoms with E-state index in [1.807, 2.05) is 29.8 Å². The lowest BCUT2D eigenvalue weighted by molar-refractivity contribution is 0.0949. The van der Waals surface area contributed by atoms with Crippen molar-refractivity contribution in [1.82, 2.24) is 20.4 Å². The molecule has 0 aliphatic carbocycles. The standard InChI is InChI=1S/C17H22N4O.ClH/c1-13-16(17(22)19-10-15-8-5-9-18-15)11-20-21(13)12-14-6-3-2-4-7-14;/h2-4,6-7,11,15,18H,5,8-10,12H2,1H3,(H,19,22);1H. The molecule has 1 atom stereocenters. The Labute approximate surface area is 142 Å². The molecule has 0 bridgehead atoms. The van der Waals surface area contributed by atoms with E-state index in [2.05, 4.69) is 27.9 Å². The van der Waals surface area contributed by atoms with Gasteiger partial charge in [0.25, 0.3) is 5.91 Å². The van der Waals surface area contributed by atoms with Crippen molar-refractivity contribution in [2.45, 2.75) is 32.4 Å². The van der Waals surface area contributed by atoms with Gasteiger partial charge in [0.2, 0.25) is 0 Å². The Morgan fingerprint density at radius 2 is 2.17 bits per heavy atom. The fourth-order valence-corrected chi connectivity index (χ4v) is 2.83. The summed E-state index contributed by atoms with van der Waals surface area (Å²) < 4.78 is 1.87. The number of rotatable bonds is 5. The average molecular weight is 335 g/mol. The minimum absolute atomic E-state index is 0. The number of hydrogen-bond donors (Lipinski definition) is 2. The third-order valence-corrected chi connectivity index (χ3v) is 4.19. The average Bonchev–Trinajstić information content (AvgIpc) is 3.17. The van der Waals surface area contributed by atoms with Gasteiger partial charge in [0.05, 0.1) is 18.3 Å². The molecule has 23 heavy (non-hydrogen) atoms. The van der Waals surface area contributed by atoms with Crippen molar-refractivity contribution in [3.8, 4) is 0 Å². The van der Waals surface area contributed by atoms with Crippen LogP contribution in [0.3, 0.4) is 0 Å². The first-order chi connectivity index (χ1) is 10.7. The summed E-state index contributed by atoms with van der Waals surface area (Å²) in [4.78, 5) is 12.3. The van der Waals surface area contributed by atoms with Gasteiger partial charge >= 0.3 is 0 Å². The minimum Gasteiger partial charge on any atom is -0.350 e. The molecular formula is C17H23ClN4O. The zero-order valence-corrected chi connectivity index (χ0v) is 14.1. The zero-order chi connectivity index (χ0) is 15.4. The fraction of sp³-hybridized carbons (Fsp3) is 0.412. The van der Waals surface area contributed by atoms with Crippen molar-refractivity contribution in [2.24, 2.45) is 0 Å². The van der Waals surface area contributed by atoms with Crippen LogP contribution in [0.5, 0.6) is 0 Å². The van der Waals surface area contributed by atoms with Gasteiger partial charge in [-0.25, -0.2) is 0 Å². The number of aromatic nitrogens is 2. The summed E-state index contributed by atoms with van der Waals surface area (Å²) in [6, 6.07) is 10.5. The van der Waals surface area contributed by atoms with Gasteiger partial charge < -0.3 is 10.6 Å². The Balaban J connectivity index is 0.00000192. The first-order valence-corrected chi connectivity index (χ1v) is 7.82. The number of benzene rings is 1. The topological polar surface area (TPSA) is 59.0 Å². The summed E-state index contributed by atoms with van der Waals surface area (Å²) >= 11 is 0. The maximum atomic E-state index is 12.3. The number of halogens is 1. The summed E-state index contributed by atoms with van der Waals surface area (Å²) in [5, 5.41) is 10.7. The smallest absolute Gasteiger partial charge is 0.254 e. The lowest BCUT2D eigenvalue weighted by Gasteiger charge is -2.11. The van der Waals surface area contributed by atoms with Crippen LogP contribution in [0.15, 0.2) is 36.5 Å². The van der Waals surface area contributed by atoms with E-state index < -0.39 is 0 Å². The number of carbonyl (C=O) groups excluding carboxylic acids is 1. The highest BCUT2D eigenvalue weighted by atomic mass is 35.5. The lowest BCUT2D eigenvalue weighted by atomic mass is 10.2. The van der Waals surface area contributed by atoms with E-state index in [-0.39, 0.29) is 18.3 Å². The van der Waals surface area contributed by atoms with Crippen LogP contribution in [0.4, 0.5) is 0 Å². The number of nitrogens with zero attached hydrogens (tertiary/aromatic N) is 2. The molecule has 1 fully saturated rings. The number of nitrogens with one attached hydrogen (secondary N) is 2. The second kappa shape index (κ2) is 8.13. The Bertz CT molecular complexity index is 635. The van der Waals surface area contributed by atoms with Gasteiger partial charge in [-0.05, 0) is 31.9 Å². The molecule has 3 rings (SSSR count). The third-order valence-electron chi connectivity index (χ3n) is 4.19. The van der Waals surface area contributed by atoms with E-state index in [4.69, 9.17) is 0 Å². The molecule has 124 valence electrons. The fourth-order valence-electron chi connectivity index (χ4n) is 2.83. The van der Waals surface area contributed by atoms with E-state index in [9.17, 15) is 4.79 Å². The van der Waals surface area contributed by atoms with Crippen LogP contribution in [0.2, 0.25) is 0 Å². The van der Waals surface area contributed by atoms with Crippen molar-refractivity contribution < 1.29 is 4.79 Å². The SMILES string of the molecule is Cc1c(C(=O)NCC2CCCN2)cnn1Cc1ccccc1.Cl. The number of amides is 1. The maximum Gasteiger partial charge on any atom is 0.254 e. The van der Waals surface area contributed by atoms with E-state index in [0.29, 0.717) is 24.7 Å². The molecule has 0 radical (unpaired) electrons. The van der Waals surface area contributed by atoms with Crippen LogP contribution in [0.1, 0.15) is 34.5 Å². The van der Waals surface area contributed by atoms with E-state index in [0.717, 1.165) is 18.7 Å². The molecule has 1 aliphatic heterocycles. The van der Waals surface area contributed by atoms with Gasteiger partial charge in [0, 0.05) is 18.3 Å². The summed E-state index contributed by atoms with van der Waals surface area (Å²) in [6.45, 7) is 4.36. The van der Waals surface area contributed by atoms with Gasteiger partial charge in [0.1, 0.15) is 0 Å². The molecule has 2 heterocycles. The molecule has 1 saturated heterocycles. The predicted octanol–water partition coefficient (Wildman–Crippen LogP) is 2.14. The highest BCUT2D eigenvalue weighted by Crippen LogP contribution is 2.11. The molecule has 1 aromatic heterocycles. The van der Waals surface area contributed by atoms with Crippen molar-refractivity contribution in [3.05, 3.63) is 53.3 Å². The van der Waals surface area contributed by atoms with E-state index in [1.54, 1.807) is 6.20 Å². The molecule has 0 spiro atoms. The highest BCUT2D eigenvalue weighted by Gasteiger charge is 2.18. The zero-order valence-electron chi connectivity index (χ0n) is 13.3. The highest BCUT2D eigenvalue weighted by molar-refractivity contribution is 5.95. The van der Waals surface area contributed by atoms with Crippen LogP contribution in [0.25, 0.3) is 0 Å². The number of carbonyl (C=O) groups is 1. The largest absolute Gasteiger partial charge is 0.350 e. The summed E-state index contributed by atoms with van der Waals surface area (Å²) in [7, 11) is 0. The minimum atomic E-state index is -0.0366. The van der Waals surface area contributed by atoms with Crippen molar-refractivity contribution in [1.29, 1.82) is 0 Å². The van der Waals surface area contributed by atoms with Gasteiger partial charge in [-0.1, -0.05) is 30.3 Å². The van der Waals surface area contributed by atoms with Crippen molar-refractivity contribution in [2.75, 3.05) is 13.1 Å². The molecule has 1 amide bonds. The quantitative estimate of drug-likeness (QED) is 0.880. The van der Waals surface area contributed by atoms with Crippen LogP contribution in [-0.2, 0) is 6.54 Å². The molecule has 0 saturated carbocycles. The van der Waals surface area contributed by atoms with Crippen LogP contribution < -0.4 is 10.6 Å². The normalized spacial score (nSPS) is 16.8. The first-order valence-electron chi connectivity index (χ1n) is 7.82. The summed E-state index contributed by atoms with van der Waals surface area (Å²) in [5.74, 6) is -0.0366. The van der Waals surface area contributed by atoms with E-state index in [1.165, 1.54) is 12.0 Å². The third kappa shape index (κ3) is 4.33. The predicted molar refractivity (Wildman–Crippen MR) is 93.1 cm³/mol. The van der Waals surface area contributed by atoms with Gasteiger partial charge in [0.15, 0.2) is 0 Å². The maximum absolute atomic E-state index is 12.3. The molecular weight excluding hydrogens is 312 g/mol. The second-order valence-electron chi connectivity index (χ2n) is 5.79. The Morgan fingerprint density at radius 3 is 2.87 bits per heavy atom. The molecule has 5 nitrogen and oxygen atoms in total. The Hall–Kier alpha value is -1.85. The Kier molecular flexibility index (Phi) is 6.19. The van der Waals surface area contributed by atoms with Gasteiger partial charge in [-0.2, -0.15) is 5.10 Å². The van der Waals surface area contributed by atoms with Crippen molar-refractivity contribution in [3.63, 3.8) is 0 Å². The van der Waals surface area contributed by atoms with E-state index >= 15 is 0 Å². The number of hydrogen-bond acceptors (Lipinski definition) is 3. The molecule has 1 aliphatic rings. The van der Waals surface area contributed by atoms with Crippen LogP contribution >= 0.6 is 12.4 Å². The summed E-state index contributed by atoms with van der Waals surface area (Å²) in [6.07, 6.45) is 3.98. The van der Waals surface area contributed by atoms with Crippen LogP contribution in [0, 0.1) is 6.92 Å². The molecule has 2 aromatic rings. The van der Waals surface area contributed by atoms with Gasteiger partial charge in [-0.15, -0.1) is 12.4 Å². The summed E-state index contributed by atoms with van der Waals surface area (Å²) in [5.41, 5.74) is 2.74. The molecule has 2 N–H and O–H groups in total. The van der Waals surface area contributed by atoms with Crippen LogP contribution in [-0.4, -0.2) is 34.8 Å². The molecule has 1 unspecified atom stereocenters. The molecule has 6 heteroatoms.